The Kier molecular flexibility index (Phi) is 5.42. The molecule has 0 aliphatic heterocycles. The van der Waals surface area contributed by atoms with E-state index in [1.807, 2.05) is 19.9 Å². The summed E-state index contributed by atoms with van der Waals surface area (Å²) < 4.78 is 10.5. The molecule has 8 heteroatoms. The number of hydrogen-bond acceptors (Lipinski definition) is 7. The maximum Gasteiger partial charge on any atom is 0.373 e. The van der Waals surface area contributed by atoms with E-state index >= 15 is 0 Å². The van der Waals surface area contributed by atoms with Crippen molar-refractivity contribution in [2.45, 2.75) is 13.8 Å². The van der Waals surface area contributed by atoms with Gasteiger partial charge in [-0.05, 0) is 37.1 Å². The van der Waals surface area contributed by atoms with E-state index < -0.39 is 4.92 Å². The first-order chi connectivity index (χ1) is 11.0. The minimum atomic E-state index is -0.564. The number of rotatable bonds is 7. The van der Waals surface area contributed by atoms with Crippen molar-refractivity contribution in [1.29, 1.82) is 0 Å². The lowest BCUT2D eigenvalue weighted by molar-refractivity contribution is -0.385. The highest BCUT2D eigenvalue weighted by Gasteiger charge is 2.24. The first-order valence-electron chi connectivity index (χ1n) is 7.00. The fraction of sp³-hybridized carbons (Fsp3) is 0.333. The lowest BCUT2D eigenvalue weighted by Gasteiger charge is -2.10. The largest absolute Gasteiger partial charge is 0.434 e. The van der Waals surface area contributed by atoms with Gasteiger partial charge in [0, 0.05) is 13.7 Å². The van der Waals surface area contributed by atoms with Crippen molar-refractivity contribution in [3.63, 3.8) is 0 Å². The summed E-state index contributed by atoms with van der Waals surface area (Å²) >= 11 is 0. The van der Waals surface area contributed by atoms with Crippen molar-refractivity contribution >= 4 is 11.5 Å². The third-order valence-corrected chi connectivity index (χ3v) is 3.26. The van der Waals surface area contributed by atoms with Crippen LogP contribution in [0.3, 0.4) is 0 Å². The first kappa shape index (κ1) is 16.6. The zero-order valence-corrected chi connectivity index (χ0v) is 13.2. The maximum absolute atomic E-state index is 11.4. The van der Waals surface area contributed by atoms with Gasteiger partial charge in [-0.3, -0.25) is 10.1 Å². The lowest BCUT2D eigenvalue weighted by atomic mass is 10.1. The van der Waals surface area contributed by atoms with Gasteiger partial charge in [-0.1, -0.05) is 6.07 Å². The number of anilines is 1. The molecule has 0 aliphatic rings. The molecule has 0 atom stereocenters. The molecule has 0 amide bonds. The summed E-state index contributed by atoms with van der Waals surface area (Å²) in [7, 11) is 1.55. The van der Waals surface area contributed by atoms with Gasteiger partial charge in [0.1, 0.15) is 12.1 Å². The predicted molar refractivity (Wildman–Crippen MR) is 85.0 cm³/mol. The van der Waals surface area contributed by atoms with Crippen LogP contribution >= 0.6 is 0 Å². The van der Waals surface area contributed by atoms with Crippen LogP contribution in [0.5, 0.6) is 11.6 Å². The SMILES string of the molecule is COCCNc1ncnc(Oc2ccc(C)c(C)c2)c1[N+](=O)[O-]. The minimum Gasteiger partial charge on any atom is -0.434 e. The van der Waals surface area contributed by atoms with Crippen LogP contribution in [-0.2, 0) is 4.74 Å². The maximum atomic E-state index is 11.4. The summed E-state index contributed by atoms with van der Waals surface area (Å²) in [4.78, 5) is 18.6. The number of hydrogen-bond donors (Lipinski definition) is 1. The van der Waals surface area contributed by atoms with E-state index in [2.05, 4.69) is 15.3 Å². The molecule has 2 aromatic rings. The van der Waals surface area contributed by atoms with E-state index in [0.717, 1.165) is 11.1 Å². The average Bonchev–Trinajstić information content (AvgIpc) is 2.51. The molecule has 1 aromatic heterocycles. The highest BCUT2D eigenvalue weighted by atomic mass is 16.6. The predicted octanol–water partition coefficient (Wildman–Crippen LogP) is 2.85. The Balaban J connectivity index is 2.31. The second kappa shape index (κ2) is 7.50. The molecule has 0 radical (unpaired) electrons. The number of nitro groups is 1. The normalized spacial score (nSPS) is 10.4. The van der Waals surface area contributed by atoms with Gasteiger partial charge in [-0.25, -0.2) is 4.98 Å². The fourth-order valence-corrected chi connectivity index (χ4v) is 1.89. The summed E-state index contributed by atoms with van der Waals surface area (Å²) in [6, 6.07) is 5.43. The third-order valence-electron chi connectivity index (χ3n) is 3.26. The molecule has 0 fully saturated rings. The number of nitrogens with one attached hydrogen (secondary N) is 1. The summed E-state index contributed by atoms with van der Waals surface area (Å²) in [5, 5.41) is 14.2. The van der Waals surface area contributed by atoms with Crippen LogP contribution in [0.2, 0.25) is 0 Å². The first-order valence-corrected chi connectivity index (χ1v) is 7.00. The molecule has 1 N–H and O–H groups in total. The van der Waals surface area contributed by atoms with Crippen molar-refractivity contribution in [2.75, 3.05) is 25.6 Å². The molecular weight excluding hydrogens is 300 g/mol. The Morgan fingerprint density at radius 1 is 1.26 bits per heavy atom. The zero-order chi connectivity index (χ0) is 16.8. The number of aryl methyl sites for hydroxylation is 2. The minimum absolute atomic E-state index is 0.0980. The number of nitrogens with zero attached hydrogens (tertiary/aromatic N) is 3. The summed E-state index contributed by atoms with van der Waals surface area (Å²) in [6.07, 6.45) is 1.22. The molecular formula is C15H18N4O4. The van der Waals surface area contributed by atoms with Gasteiger partial charge in [0.25, 0.3) is 0 Å². The molecule has 0 saturated carbocycles. The summed E-state index contributed by atoms with van der Waals surface area (Å²) in [6.45, 7) is 4.70. The van der Waals surface area contributed by atoms with Crippen LogP contribution in [0.4, 0.5) is 11.5 Å². The molecule has 0 spiro atoms. The molecule has 8 nitrogen and oxygen atoms in total. The molecule has 0 unspecified atom stereocenters. The van der Waals surface area contributed by atoms with Gasteiger partial charge < -0.3 is 14.8 Å². The van der Waals surface area contributed by atoms with Crippen LogP contribution in [0.1, 0.15) is 11.1 Å². The van der Waals surface area contributed by atoms with Crippen LogP contribution < -0.4 is 10.1 Å². The number of aromatic nitrogens is 2. The smallest absolute Gasteiger partial charge is 0.373 e. The van der Waals surface area contributed by atoms with Crippen molar-refractivity contribution in [3.8, 4) is 11.6 Å². The Hall–Kier alpha value is -2.74. The Labute approximate surface area is 133 Å². The van der Waals surface area contributed by atoms with E-state index in [1.165, 1.54) is 6.33 Å². The number of benzene rings is 1. The van der Waals surface area contributed by atoms with Crippen LogP contribution in [0.15, 0.2) is 24.5 Å². The molecule has 1 aromatic carbocycles. The summed E-state index contributed by atoms with van der Waals surface area (Å²) in [5.41, 5.74) is 1.83. The lowest BCUT2D eigenvalue weighted by Crippen LogP contribution is -2.11. The van der Waals surface area contributed by atoms with E-state index in [-0.39, 0.29) is 17.4 Å². The monoisotopic (exact) mass is 318 g/mol. The number of ether oxygens (including phenoxy) is 2. The van der Waals surface area contributed by atoms with Crippen molar-refractivity contribution < 1.29 is 14.4 Å². The molecule has 0 bridgehead atoms. The molecule has 1 heterocycles. The molecule has 0 saturated heterocycles. The zero-order valence-electron chi connectivity index (χ0n) is 13.2. The Morgan fingerprint density at radius 2 is 2.04 bits per heavy atom. The standard InChI is InChI=1S/C15H18N4O4/c1-10-4-5-12(8-11(10)2)23-15-13(19(20)21)14(17-9-18-15)16-6-7-22-3/h4-5,8-9H,6-7H2,1-3H3,(H,16,17,18). The molecule has 0 aliphatic carbocycles. The van der Waals surface area contributed by atoms with Gasteiger partial charge >= 0.3 is 11.6 Å². The molecule has 23 heavy (non-hydrogen) atoms. The molecule has 122 valence electrons. The van der Waals surface area contributed by atoms with E-state index in [9.17, 15) is 10.1 Å². The van der Waals surface area contributed by atoms with Gasteiger partial charge in [-0.15, -0.1) is 0 Å². The van der Waals surface area contributed by atoms with E-state index in [0.29, 0.717) is 18.9 Å². The fourth-order valence-electron chi connectivity index (χ4n) is 1.89. The van der Waals surface area contributed by atoms with Crippen LogP contribution in [0, 0.1) is 24.0 Å². The highest BCUT2D eigenvalue weighted by Crippen LogP contribution is 2.34. The van der Waals surface area contributed by atoms with Gasteiger partial charge in [0.05, 0.1) is 11.5 Å². The second-order valence-electron chi connectivity index (χ2n) is 4.90. The second-order valence-corrected chi connectivity index (χ2v) is 4.90. The van der Waals surface area contributed by atoms with Crippen molar-refractivity contribution in [2.24, 2.45) is 0 Å². The van der Waals surface area contributed by atoms with Gasteiger partial charge in [0.15, 0.2) is 0 Å². The number of methoxy groups -OCH3 is 1. The van der Waals surface area contributed by atoms with Crippen molar-refractivity contribution in [1.82, 2.24) is 9.97 Å². The van der Waals surface area contributed by atoms with Crippen LogP contribution in [-0.4, -0.2) is 35.2 Å². The highest BCUT2D eigenvalue weighted by molar-refractivity contribution is 5.61. The van der Waals surface area contributed by atoms with E-state index in [4.69, 9.17) is 9.47 Å². The topological polar surface area (TPSA) is 99.4 Å². The van der Waals surface area contributed by atoms with Crippen LogP contribution in [0.25, 0.3) is 0 Å². The quantitative estimate of drug-likeness (QED) is 0.476. The molecule has 2 rings (SSSR count). The average molecular weight is 318 g/mol. The Bertz CT molecular complexity index is 706. The van der Waals surface area contributed by atoms with Crippen molar-refractivity contribution in [3.05, 3.63) is 45.8 Å². The third kappa shape index (κ3) is 4.13. The van der Waals surface area contributed by atoms with E-state index in [1.54, 1.807) is 19.2 Å². The van der Waals surface area contributed by atoms with Gasteiger partial charge in [0.2, 0.25) is 5.82 Å². The van der Waals surface area contributed by atoms with Gasteiger partial charge in [-0.2, -0.15) is 4.98 Å². The summed E-state index contributed by atoms with van der Waals surface area (Å²) in [5.74, 6) is 0.479. The Morgan fingerprint density at radius 3 is 2.70 bits per heavy atom.